The van der Waals surface area contributed by atoms with E-state index in [4.69, 9.17) is 4.42 Å². The maximum atomic E-state index is 5.75. The van der Waals surface area contributed by atoms with Gasteiger partial charge in [0.05, 0.1) is 6.54 Å². The molecule has 6 heteroatoms. The van der Waals surface area contributed by atoms with Crippen LogP contribution in [-0.4, -0.2) is 40.8 Å². The van der Waals surface area contributed by atoms with Crippen LogP contribution in [0.3, 0.4) is 0 Å². The SMILES string of the molecule is C[C@H]1CN(Cc2nnc(-c3ccc(Br)cc3)o2)CCN1. The van der Waals surface area contributed by atoms with Gasteiger partial charge >= 0.3 is 0 Å². The van der Waals surface area contributed by atoms with E-state index in [0.717, 1.165) is 36.2 Å². The Morgan fingerprint density at radius 2 is 2.15 bits per heavy atom. The van der Waals surface area contributed by atoms with Crippen LogP contribution in [0.2, 0.25) is 0 Å². The molecule has 0 saturated carbocycles. The summed E-state index contributed by atoms with van der Waals surface area (Å²) < 4.78 is 6.79. The van der Waals surface area contributed by atoms with E-state index in [-0.39, 0.29) is 0 Å². The number of halogens is 1. The molecule has 1 fully saturated rings. The van der Waals surface area contributed by atoms with Crippen molar-refractivity contribution in [3.05, 3.63) is 34.6 Å². The fourth-order valence-electron chi connectivity index (χ4n) is 2.37. The van der Waals surface area contributed by atoms with Crippen LogP contribution in [0.4, 0.5) is 0 Å². The lowest BCUT2D eigenvalue weighted by Crippen LogP contribution is -2.48. The van der Waals surface area contributed by atoms with Crippen molar-refractivity contribution < 1.29 is 4.42 Å². The highest BCUT2D eigenvalue weighted by molar-refractivity contribution is 9.10. The van der Waals surface area contributed by atoms with Crippen molar-refractivity contribution in [1.82, 2.24) is 20.4 Å². The summed E-state index contributed by atoms with van der Waals surface area (Å²) in [5, 5.41) is 11.7. The summed E-state index contributed by atoms with van der Waals surface area (Å²) >= 11 is 3.42. The van der Waals surface area contributed by atoms with Gasteiger partial charge < -0.3 is 9.73 Å². The minimum Gasteiger partial charge on any atom is -0.419 e. The van der Waals surface area contributed by atoms with E-state index in [1.807, 2.05) is 24.3 Å². The van der Waals surface area contributed by atoms with Crippen LogP contribution in [0.5, 0.6) is 0 Å². The molecular weight excluding hydrogens is 320 g/mol. The first-order chi connectivity index (χ1) is 9.70. The molecule has 106 valence electrons. The molecule has 1 aliphatic rings. The largest absolute Gasteiger partial charge is 0.419 e. The van der Waals surface area contributed by atoms with Crippen LogP contribution in [0.1, 0.15) is 12.8 Å². The third-order valence-electron chi connectivity index (χ3n) is 3.37. The highest BCUT2D eigenvalue weighted by atomic mass is 79.9. The van der Waals surface area contributed by atoms with Crippen LogP contribution in [-0.2, 0) is 6.54 Å². The fourth-order valence-corrected chi connectivity index (χ4v) is 2.64. The molecule has 5 nitrogen and oxygen atoms in total. The summed E-state index contributed by atoms with van der Waals surface area (Å²) in [5.74, 6) is 1.26. The summed E-state index contributed by atoms with van der Waals surface area (Å²) in [6.45, 7) is 5.94. The Labute approximate surface area is 126 Å². The van der Waals surface area contributed by atoms with E-state index >= 15 is 0 Å². The van der Waals surface area contributed by atoms with Crippen LogP contribution in [0, 0.1) is 0 Å². The molecule has 1 N–H and O–H groups in total. The average molecular weight is 337 g/mol. The van der Waals surface area contributed by atoms with Gasteiger partial charge in [0.25, 0.3) is 0 Å². The van der Waals surface area contributed by atoms with Crippen molar-refractivity contribution in [2.24, 2.45) is 0 Å². The normalized spacial score (nSPS) is 20.2. The molecule has 1 atom stereocenters. The second-order valence-electron chi connectivity index (χ2n) is 5.10. The predicted octanol–water partition coefficient (Wildman–Crippen LogP) is 2.29. The van der Waals surface area contributed by atoms with Gasteiger partial charge in [0.2, 0.25) is 11.8 Å². The monoisotopic (exact) mass is 336 g/mol. The molecule has 1 aliphatic heterocycles. The molecule has 20 heavy (non-hydrogen) atoms. The van der Waals surface area contributed by atoms with Gasteiger partial charge in [-0.05, 0) is 31.2 Å². The minimum atomic E-state index is 0.512. The topological polar surface area (TPSA) is 54.2 Å². The zero-order valence-corrected chi connectivity index (χ0v) is 12.9. The number of rotatable bonds is 3. The number of piperazine rings is 1. The van der Waals surface area contributed by atoms with Gasteiger partial charge in [0, 0.05) is 35.7 Å². The van der Waals surface area contributed by atoms with Crippen LogP contribution in [0.25, 0.3) is 11.5 Å². The zero-order valence-electron chi connectivity index (χ0n) is 11.3. The molecule has 2 aromatic rings. The van der Waals surface area contributed by atoms with Gasteiger partial charge in [0.15, 0.2) is 0 Å². The highest BCUT2D eigenvalue weighted by Gasteiger charge is 2.18. The molecule has 0 radical (unpaired) electrons. The van der Waals surface area contributed by atoms with Gasteiger partial charge in [-0.25, -0.2) is 0 Å². The number of hydrogen-bond donors (Lipinski definition) is 1. The fraction of sp³-hybridized carbons (Fsp3) is 0.429. The summed E-state index contributed by atoms with van der Waals surface area (Å²) in [5.41, 5.74) is 0.945. The Bertz CT molecular complexity index is 569. The average Bonchev–Trinajstić information content (AvgIpc) is 2.88. The predicted molar refractivity (Wildman–Crippen MR) is 80.2 cm³/mol. The lowest BCUT2D eigenvalue weighted by molar-refractivity contribution is 0.184. The third kappa shape index (κ3) is 3.26. The zero-order chi connectivity index (χ0) is 13.9. The summed E-state index contributed by atoms with van der Waals surface area (Å²) in [6.07, 6.45) is 0. The number of nitrogens with one attached hydrogen (secondary N) is 1. The standard InChI is InChI=1S/C14H17BrN4O/c1-10-8-19(7-6-16-10)9-13-17-18-14(20-13)11-2-4-12(15)5-3-11/h2-5,10,16H,6-9H2,1H3/t10-/m0/s1. The smallest absolute Gasteiger partial charge is 0.247 e. The van der Waals surface area contributed by atoms with E-state index in [9.17, 15) is 0 Å². The number of hydrogen-bond acceptors (Lipinski definition) is 5. The first kappa shape index (κ1) is 13.7. The minimum absolute atomic E-state index is 0.512. The maximum Gasteiger partial charge on any atom is 0.247 e. The van der Waals surface area contributed by atoms with E-state index in [1.165, 1.54) is 0 Å². The van der Waals surface area contributed by atoms with Gasteiger partial charge in [-0.1, -0.05) is 15.9 Å². The second-order valence-corrected chi connectivity index (χ2v) is 6.01. The van der Waals surface area contributed by atoms with Crippen molar-refractivity contribution in [1.29, 1.82) is 0 Å². The van der Waals surface area contributed by atoms with Crippen molar-refractivity contribution in [3.63, 3.8) is 0 Å². The molecule has 2 heterocycles. The number of aromatic nitrogens is 2. The molecule has 0 spiro atoms. The lowest BCUT2D eigenvalue weighted by Gasteiger charge is -2.30. The van der Waals surface area contributed by atoms with E-state index in [2.05, 4.69) is 43.3 Å². The van der Waals surface area contributed by atoms with E-state index < -0.39 is 0 Å². The Morgan fingerprint density at radius 3 is 2.90 bits per heavy atom. The van der Waals surface area contributed by atoms with Crippen molar-refractivity contribution in [2.75, 3.05) is 19.6 Å². The molecule has 1 aromatic carbocycles. The van der Waals surface area contributed by atoms with Gasteiger partial charge in [0.1, 0.15) is 0 Å². The third-order valence-corrected chi connectivity index (χ3v) is 3.90. The quantitative estimate of drug-likeness (QED) is 0.931. The summed E-state index contributed by atoms with van der Waals surface area (Å²) in [7, 11) is 0. The summed E-state index contributed by atoms with van der Waals surface area (Å²) in [6, 6.07) is 8.38. The van der Waals surface area contributed by atoms with E-state index in [0.29, 0.717) is 17.8 Å². The summed E-state index contributed by atoms with van der Waals surface area (Å²) in [4.78, 5) is 2.33. The molecule has 0 aliphatic carbocycles. The Kier molecular flexibility index (Phi) is 4.14. The lowest BCUT2D eigenvalue weighted by atomic mass is 10.2. The Balaban J connectivity index is 1.69. The molecule has 1 saturated heterocycles. The van der Waals surface area contributed by atoms with Crippen LogP contribution in [0.15, 0.2) is 33.2 Å². The second kappa shape index (κ2) is 6.03. The number of benzene rings is 1. The maximum absolute atomic E-state index is 5.75. The van der Waals surface area contributed by atoms with Gasteiger partial charge in [-0.3, -0.25) is 4.90 Å². The first-order valence-electron chi connectivity index (χ1n) is 6.75. The molecule has 0 amide bonds. The highest BCUT2D eigenvalue weighted by Crippen LogP contribution is 2.21. The molecule has 3 rings (SSSR count). The van der Waals surface area contributed by atoms with Crippen LogP contribution < -0.4 is 5.32 Å². The Morgan fingerprint density at radius 1 is 1.35 bits per heavy atom. The van der Waals surface area contributed by atoms with Crippen LogP contribution >= 0.6 is 15.9 Å². The van der Waals surface area contributed by atoms with Crippen molar-refractivity contribution in [3.8, 4) is 11.5 Å². The molecular formula is C14H17BrN4O. The van der Waals surface area contributed by atoms with E-state index in [1.54, 1.807) is 0 Å². The van der Waals surface area contributed by atoms with Gasteiger partial charge in [-0.2, -0.15) is 0 Å². The molecule has 1 aromatic heterocycles. The van der Waals surface area contributed by atoms with Crippen molar-refractivity contribution in [2.45, 2.75) is 19.5 Å². The first-order valence-corrected chi connectivity index (χ1v) is 7.54. The molecule has 0 unspecified atom stereocenters. The molecule has 0 bridgehead atoms. The Hall–Kier alpha value is -1.24. The van der Waals surface area contributed by atoms with Crippen molar-refractivity contribution >= 4 is 15.9 Å². The van der Waals surface area contributed by atoms with Gasteiger partial charge in [-0.15, -0.1) is 10.2 Å². The number of nitrogens with zero attached hydrogens (tertiary/aromatic N) is 3.